The zero-order valence-corrected chi connectivity index (χ0v) is 24.3. The molecule has 0 aromatic heterocycles. The quantitative estimate of drug-likeness (QED) is 0.193. The van der Waals surface area contributed by atoms with Gasteiger partial charge in [0.15, 0.2) is 6.61 Å². The highest BCUT2D eigenvalue weighted by atomic mass is 32.2. The molecule has 4 rings (SSSR count). The lowest BCUT2D eigenvalue weighted by molar-refractivity contribution is -0.123. The summed E-state index contributed by atoms with van der Waals surface area (Å²) in [5.41, 5.74) is 5.88. The van der Waals surface area contributed by atoms with Crippen molar-refractivity contribution >= 4 is 33.7 Å². The van der Waals surface area contributed by atoms with Gasteiger partial charge in [0, 0.05) is 12.6 Å². The number of anilines is 1. The van der Waals surface area contributed by atoms with Crippen molar-refractivity contribution in [2.45, 2.75) is 24.8 Å². The highest BCUT2D eigenvalue weighted by Gasteiger charge is 2.21. The Morgan fingerprint density at radius 2 is 1.55 bits per heavy atom. The maximum Gasteiger partial charge on any atom is 0.271 e. The SMILES string of the molecule is Cc1ccc(S(=O)(=O)N(C)c2ccc(C(=O)N/N=C\c3ccc(OCC(=O)N[C@H](C)c4ccccc4)cc3)cc2)cc1. The molecule has 9 nitrogen and oxygen atoms in total. The fraction of sp³-hybridized carbons (Fsp3) is 0.156. The van der Waals surface area contributed by atoms with Gasteiger partial charge in [0.25, 0.3) is 21.8 Å². The number of benzene rings is 4. The number of aryl methyl sites for hydroxylation is 1. The molecular weight excluding hydrogens is 552 g/mol. The fourth-order valence-electron chi connectivity index (χ4n) is 3.97. The topological polar surface area (TPSA) is 117 Å². The predicted octanol–water partition coefficient (Wildman–Crippen LogP) is 4.84. The Balaban J connectivity index is 1.25. The first-order valence-corrected chi connectivity index (χ1v) is 14.6. The van der Waals surface area contributed by atoms with E-state index in [1.165, 1.54) is 29.7 Å². The molecule has 4 aromatic carbocycles. The van der Waals surface area contributed by atoms with Crippen LogP contribution in [0.15, 0.2) is 113 Å². The van der Waals surface area contributed by atoms with E-state index < -0.39 is 15.9 Å². The number of nitrogens with zero attached hydrogens (tertiary/aromatic N) is 2. The molecule has 0 aliphatic heterocycles. The Morgan fingerprint density at radius 1 is 0.905 bits per heavy atom. The first-order valence-electron chi connectivity index (χ1n) is 13.2. The number of carbonyl (C=O) groups is 2. The molecule has 0 bridgehead atoms. The molecule has 2 N–H and O–H groups in total. The third-order valence-corrected chi connectivity index (χ3v) is 8.28. The van der Waals surface area contributed by atoms with Crippen LogP contribution in [0.3, 0.4) is 0 Å². The Hall–Kier alpha value is -4.96. The molecule has 0 unspecified atom stereocenters. The van der Waals surface area contributed by atoms with Gasteiger partial charge < -0.3 is 10.1 Å². The second-order valence-corrected chi connectivity index (χ2v) is 11.6. The lowest BCUT2D eigenvalue weighted by Crippen LogP contribution is -2.31. The van der Waals surface area contributed by atoms with Gasteiger partial charge in [-0.2, -0.15) is 5.10 Å². The lowest BCUT2D eigenvalue weighted by atomic mass is 10.1. The Labute approximate surface area is 245 Å². The minimum atomic E-state index is -3.73. The molecule has 0 aliphatic carbocycles. The van der Waals surface area contributed by atoms with Crippen LogP contribution in [0, 0.1) is 6.92 Å². The van der Waals surface area contributed by atoms with Gasteiger partial charge in [0.05, 0.1) is 22.8 Å². The van der Waals surface area contributed by atoms with Crippen molar-refractivity contribution in [2.24, 2.45) is 5.10 Å². The number of ether oxygens (including phenoxy) is 1. The van der Waals surface area contributed by atoms with E-state index in [2.05, 4.69) is 15.8 Å². The summed E-state index contributed by atoms with van der Waals surface area (Å²) in [6.07, 6.45) is 1.48. The molecule has 216 valence electrons. The molecule has 0 spiro atoms. The van der Waals surface area contributed by atoms with Crippen molar-refractivity contribution < 1.29 is 22.7 Å². The van der Waals surface area contributed by atoms with Crippen LogP contribution in [0.5, 0.6) is 5.75 Å². The predicted molar refractivity (Wildman–Crippen MR) is 163 cm³/mol. The molecule has 0 saturated carbocycles. The van der Waals surface area contributed by atoms with Gasteiger partial charge in [-0.25, -0.2) is 13.8 Å². The van der Waals surface area contributed by atoms with Crippen molar-refractivity contribution in [1.82, 2.24) is 10.7 Å². The van der Waals surface area contributed by atoms with Crippen molar-refractivity contribution in [3.8, 4) is 5.75 Å². The zero-order valence-electron chi connectivity index (χ0n) is 23.5. The Morgan fingerprint density at radius 3 is 2.19 bits per heavy atom. The molecule has 0 fully saturated rings. The van der Waals surface area contributed by atoms with Gasteiger partial charge in [-0.3, -0.25) is 13.9 Å². The summed E-state index contributed by atoms with van der Waals surface area (Å²) in [5.74, 6) is -0.155. The summed E-state index contributed by atoms with van der Waals surface area (Å²) in [7, 11) is -2.27. The van der Waals surface area contributed by atoms with Gasteiger partial charge in [-0.15, -0.1) is 0 Å². The standard InChI is InChI=1S/C32H32N4O5S/c1-23-9-19-30(20-10-23)42(39,40)36(3)28-15-13-27(14-16-28)32(38)35-33-21-25-11-17-29(18-12-25)41-22-31(37)34-24(2)26-7-5-4-6-8-26/h4-21,24H,22H2,1-3H3,(H,34,37)(H,35,38)/b33-21-/t24-/m1/s1. The average Bonchev–Trinajstić information content (AvgIpc) is 3.01. The molecule has 4 aromatic rings. The number of nitrogens with one attached hydrogen (secondary N) is 2. The molecular formula is C32H32N4O5S. The van der Waals surface area contributed by atoms with E-state index in [-0.39, 0.29) is 23.5 Å². The monoisotopic (exact) mass is 584 g/mol. The Kier molecular flexibility index (Phi) is 9.72. The minimum absolute atomic E-state index is 0.118. The van der Waals surface area contributed by atoms with E-state index in [1.807, 2.05) is 44.2 Å². The maximum atomic E-state index is 12.9. The third-order valence-electron chi connectivity index (χ3n) is 6.48. The van der Waals surface area contributed by atoms with Crippen molar-refractivity contribution in [2.75, 3.05) is 18.0 Å². The smallest absolute Gasteiger partial charge is 0.271 e. The van der Waals surface area contributed by atoms with Crippen LogP contribution >= 0.6 is 0 Å². The molecule has 42 heavy (non-hydrogen) atoms. The van der Waals surface area contributed by atoms with Crippen LogP contribution in [0.1, 0.15) is 40.0 Å². The number of carbonyl (C=O) groups excluding carboxylic acids is 2. The van der Waals surface area contributed by atoms with Gasteiger partial charge in [0.1, 0.15) is 5.75 Å². The molecule has 10 heteroatoms. The summed E-state index contributed by atoms with van der Waals surface area (Å²) in [6.45, 7) is 3.68. The van der Waals surface area contributed by atoms with Crippen LogP contribution in [0.2, 0.25) is 0 Å². The van der Waals surface area contributed by atoms with E-state index in [9.17, 15) is 18.0 Å². The number of hydrogen-bond donors (Lipinski definition) is 2. The van der Waals surface area contributed by atoms with E-state index in [1.54, 1.807) is 60.7 Å². The highest BCUT2D eigenvalue weighted by molar-refractivity contribution is 7.92. The number of hydrazone groups is 1. The highest BCUT2D eigenvalue weighted by Crippen LogP contribution is 2.23. The molecule has 1 atom stereocenters. The molecule has 2 amide bonds. The maximum absolute atomic E-state index is 12.9. The average molecular weight is 585 g/mol. The second kappa shape index (κ2) is 13.6. The molecule has 0 heterocycles. The van der Waals surface area contributed by atoms with E-state index >= 15 is 0 Å². The van der Waals surface area contributed by atoms with Gasteiger partial charge >= 0.3 is 0 Å². The summed E-state index contributed by atoms with van der Waals surface area (Å²) in [4.78, 5) is 24.9. The summed E-state index contributed by atoms with van der Waals surface area (Å²) in [5, 5.41) is 6.89. The Bertz CT molecular complexity index is 1640. The number of rotatable bonds is 11. The van der Waals surface area contributed by atoms with E-state index in [0.29, 0.717) is 22.6 Å². The molecule has 0 radical (unpaired) electrons. The van der Waals surface area contributed by atoms with Gasteiger partial charge in [-0.05, 0) is 85.6 Å². The van der Waals surface area contributed by atoms with E-state index in [0.717, 1.165) is 11.1 Å². The first-order chi connectivity index (χ1) is 20.1. The number of sulfonamides is 1. The number of hydrogen-bond acceptors (Lipinski definition) is 6. The largest absolute Gasteiger partial charge is 0.484 e. The first kappa shape index (κ1) is 30.0. The second-order valence-electron chi connectivity index (χ2n) is 9.59. The van der Waals surface area contributed by atoms with Crippen LogP contribution in [0.4, 0.5) is 5.69 Å². The van der Waals surface area contributed by atoms with Crippen molar-refractivity contribution in [1.29, 1.82) is 0 Å². The summed E-state index contributed by atoms with van der Waals surface area (Å²) in [6, 6.07) is 29.2. The van der Waals surface area contributed by atoms with Crippen LogP contribution in [0.25, 0.3) is 0 Å². The summed E-state index contributed by atoms with van der Waals surface area (Å²) < 4.78 is 32.6. The molecule has 0 saturated heterocycles. The lowest BCUT2D eigenvalue weighted by Gasteiger charge is -2.19. The van der Waals surface area contributed by atoms with Crippen LogP contribution < -0.4 is 19.8 Å². The van der Waals surface area contributed by atoms with Gasteiger partial charge in [-0.1, -0.05) is 48.0 Å². The fourth-order valence-corrected chi connectivity index (χ4v) is 5.16. The van der Waals surface area contributed by atoms with Crippen molar-refractivity contribution in [3.05, 3.63) is 125 Å². The molecule has 0 aliphatic rings. The van der Waals surface area contributed by atoms with E-state index in [4.69, 9.17) is 4.74 Å². The van der Waals surface area contributed by atoms with Crippen LogP contribution in [-0.2, 0) is 14.8 Å². The van der Waals surface area contributed by atoms with Crippen LogP contribution in [-0.4, -0.2) is 40.1 Å². The third kappa shape index (κ3) is 7.82. The number of amides is 2. The zero-order chi connectivity index (χ0) is 30.1. The van der Waals surface area contributed by atoms with Gasteiger partial charge in [0.2, 0.25) is 0 Å². The normalized spacial score (nSPS) is 12.0. The van der Waals surface area contributed by atoms with Crippen molar-refractivity contribution in [3.63, 3.8) is 0 Å². The summed E-state index contributed by atoms with van der Waals surface area (Å²) >= 11 is 0. The minimum Gasteiger partial charge on any atom is -0.484 e.